The molecule has 0 bridgehead atoms. The SMILES string of the molecule is c1ccc(-c2ccccc2N(c2ccc(-c3cccc4c3sc3ccccc34)cc2)c2cccc3c2oc2c4ccccc4ccc32)cc1. The van der Waals surface area contributed by atoms with Crippen LogP contribution >= 0.6 is 11.3 Å². The third-order valence-electron chi connectivity index (χ3n) is 9.68. The number of hydrogen-bond donors (Lipinski definition) is 0. The lowest BCUT2D eigenvalue weighted by Crippen LogP contribution is -2.11. The highest BCUT2D eigenvalue weighted by molar-refractivity contribution is 7.26. The summed E-state index contributed by atoms with van der Waals surface area (Å²) in [7, 11) is 0. The Hall–Kier alpha value is -6.16. The van der Waals surface area contributed by atoms with E-state index < -0.39 is 0 Å². The van der Waals surface area contributed by atoms with Gasteiger partial charge in [-0.1, -0.05) is 140 Å². The maximum atomic E-state index is 6.90. The smallest absolute Gasteiger partial charge is 0.159 e. The normalized spacial score (nSPS) is 11.7. The molecule has 3 heteroatoms. The topological polar surface area (TPSA) is 16.4 Å². The number of nitrogens with zero attached hydrogens (tertiary/aromatic N) is 1. The Labute approximate surface area is 287 Å². The summed E-state index contributed by atoms with van der Waals surface area (Å²) in [6, 6.07) is 63.0. The van der Waals surface area contributed by atoms with Crippen molar-refractivity contribution in [3.63, 3.8) is 0 Å². The first kappa shape index (κ1) is 27.9. The fourth-order valence-corrected chi connectivity index (χ4v) is 8.63. The molecule has 0 amide bonds. The molecule has 0 saturated heterocycles. The molecular weight excluding hydrogens is 615 g/mol. The Morgan fingerprint density at radius 3 is 1.92 bits per heavy atom. The third-order valence-corrected chi connectivity index (χ3v) is 10.9. The van der Waals surface area contributed by atoms with Gasteiger partial charge in [-0.2, -0.15) is 0 Å². The summed E-state index contributed by atoms with van der Waals surface area (Å²) in [4.78, 5) is 2.36. The molecule has 0 unspecified atom stereocenters. The number of rotatable bonds is 5. The molecule has 0 spiro atoms. The van der Waals surface area contributed by atoms with Gasteiger partial charge in [0.2, 0.25) is 0 Å². The quantitative estimate of drug-likeness (QED) is 0.186. The zero-order valence-electron chi connectivity index (χ0n) is 26.5. The van der Waals surface area contributed by atoms with Crippen LogP contribution < -0.4 is 4.90 Å². The number of fused-ring (bicyclic) bond motifs is 8. The molecule has 0 aliphatic carbocycles. The summed E-state index contributed by atoms with van der Waals surface area (Å²) >= 11 is 1.87. The van der Waals surface area contributed by atoms with Crippen molar-refractivity contribution < 1.29 is 4.42 Å². The van der Waals surface area contributed by atoms with Crippen molar-refractivity contribution >= 4 is 81.3 Å². The fraction of sp³-hybridized carbons (Fsp3) is 0. The zero-order chi connectivity index (χ0) is 32.3. The van der Waals surface area contributed by atoms with Crippen molar-refractivity contribution in [1.82, 2.24) is 0 Å². The summed E-state index contributed by atoms with van der Waals surface area (Å²) in [5.41, 5.74) is 9.72. The van der Waals surface area contributed by atoms with E-state index in [1.807, 2.05) is 11.3 Å². The monoisotopic (exact) mass is 643 g/mol. The molecular formula is C46H29NOS. The Morgan fingerprint density at radius 1 is 0.388 bits per heavy atom. The predicted molar refractivity (Wildman–Crippen MR) is 210 cm³/mol. The van der Waals surface area contributed by atoms with Crippen LogP contribution in [0.1, 0.15) is 0 Å². The van der Waals surface area contributed by atoms with E-state index in [4.69, 9.17) is 4.42 Å². The van der Waals surface area contributed by atoms with E-state index in [2.05, 4.69) is 181 Å². The first-order valence-electron chi connectivity index (χ1n) is 16.6. The van der Waals surface area contributed by atoms with Crippen molar-refractivity contribution in [3.05, 3.63) is 176 Å². The van der Waals surface area contributed by atoms with E-state index in [1.165, 1.54) is 42.2 Å². The summed E-state index contributed by atoms with van der Waals surface area (Å²) < 4.78 is 9.53. The maximum Gasteiger partial charge on any atom is 0.159 e. The molecule has 0 aliphatic rings. The van der Waals surface area contributed by atoms with E-state index in [9.17, 15) is 0 Å². The summed E-state index contributed by atoms with van der Waals surface area (Å²) in [6.07, 6.45) is 0. The lowest BCUT2D eigenvalue weighted by Gasteiger charge is -2.28. The molecule has 49 heavy (non-hydrogen) atoms. The van der Waals surface area contributed by atoms with E-state index in [0.717, 1.165) is 50.0 Å². The van der Waals surface area contributed by atoms with Crippen LogP contribution in [-0.2, 0) is 0 Å². The highest BCUT2D eigenvalue weighted by Crippen LogP contribution is 2.47. The van der Waals surface area contributed by atoms with Gasteiger partial charge in [-0.25, -0.2) is 0 Å². The Morgan fingerprint density at radius 2 is 1.02 bits per heavy atom. The van der Waals surface area contributed by atoms with Gasteiger partial charge < -0.3 is 9.32 Å². The molecule has 0 aliphatic heterocycles. The first-order valence-corrected chi connectivity index (χ1v) is 17.4. The standard InChI is InChI=1S/C46H29NOS/c1-2-12-30(13-3-1)34-15-6-8-21-41(34)47(42-22-11-19-38-39-29-26-31-14-4-5-16-35(31)44(39)48-45(38)42)33-27-24-32(25-28-33)36-18-10-20-40-37-17-7-9-23-43(37)49-46(36)40/h1-29H. The molecule has 2 heterocycles. The van der Waals surface area contributed by atoms with Gasteiger partial charge in [0.15, 0.2) is 5.58 Å². The van der Waals surface area contributed by atoms with E-state index in [1.54, 1.807) is 0 Å². The minimum atomic E-state index is 0.871. The molecule has 8 aromatic carbocycles. The lowest BCUT2D eigenvalue weighted by atomic mass is 10.00. The van der Waals surface area contributed by atoms with Crippen LogP contribution in [0.5, 0.6) is 0 Å². The summed E-state index contributed by atoms with van der Waals surface area (Å²) in [6.45, 7) is 0. The molecule has 10 aromatic rings. The van der Waals surface area contributed by atoms with Crippen LogP contribution in [-0.4, -0.2) is 0 Å². The first-order chi connectivity index (χ1) is 24.3. The second-order valence-corrected chi connectivity index (χ2v) is 13.5. The van der Waals surface area contributed by atoms with Gasteiger partial charge in [-0.05, 0) is 58.5 Å². The van der Waals surface area contributed by atoms with E-state index in [-0.39, 0.29) is 0 Å². The number of anilines is 3. The molecule has 0 fully saturated rings. The van der Waals surface area contributed by atoms with Gasteiger partial charge in [0.25, 0.3) is 0 Å². The minimum absolute atomic E-state index is 0.871. The number of benzene rings is 8. The molecule has 0 saturated carbocycles. The van der Waals surface area contributed by atoms with Crippen LogP contribution in [0.2, 0.25) is 0 Å². The highest BCUT2D eigenvalue weighted by atomic mass is 32.1. The fourth-order valence-electron chi connectivity index (χ4n) is 7.39. The van der Waals surface area contributed by atoms with Crippen molar-refractivity contribution in [3.8, 4) is 22.3 Å². The highest BCUT2D eigenvalue weighted by Gasteiger charge is 2.22. The lowest BCUT2D eigenvalue weighted by molar-refractivity contribution is 0.673. The second-order valence-electron chi connectivity index (χ2n) is 12.5. The van der Waals surface area contributed by atoms with Crippen molar-refractivity contribution in [1.29, 1.82) is 0 Å². The number of thiophene rings is 1. The molecule has 0 N–H and O–H groups in total. The Balaban J connectivity index is 1.20. The van der Waals surface area contributed by atoms with Crippen molar-refractivity contribution in [2.75, 3.05) is 4.90 Å². The van der Waals surface area contributed by atoms with Crippen molar-refractivity contribution in [2.24, 2.45) is 0 Å². The van der Waals surface area contributed by atoms with Crippen molar-refractivity contribution in [2.45, 2.75) is 0 Å². The Kier molecular flexibility index (Phi) is 6.39. The predicted octanol–water partition coefficient (Wildman–Crippen LogP) is 13.9. The van der Waals surface area contributed by atoms with Crippen LogP contribution in [0.4, 0.5) is 17.1 Å². The van der Waals surface area contributed by atoms with Gasteiger partial charge in [-0.15, -0.1) is 11.3 Å². The molecule has 0 atom stereocenters. The molecule has 230 valence electrons. The molecule has 0 radical (unpaired) electrons. The van der Waals surface area contributed by atoms with Gasteiger partial charge in [0.05, 0.1) is 11.4 Å². The molecule has 2 aromatic heterocycles. The summed E-state index contributed by atoms with van der Waals surface area (Å²) in [5, 5.41) is 7.15. The third kappa shape index (κ3) is 4.47. The van der Waals surface area contributed by atoms with Crippen LogP contribution in [0.25, 0.3) is 75.1 Å². The number of furan rings is 1. The number of para-hydroxylation sites is 2. The number of hydrogen-bond acceptors (Lipinski definition) is 3. The second kappa shape index (κ2) is 11.2. The molecule has 10 rings (SSSR count). The molecule has 2 nitrogen and oxygen atoms in total. The zero-order valence-corrected chi connectivity index (χ0v) is 27.3. The van der Waals surface area contributed by atoms with Gasteiger partial charge in [0, 0.05) is 47.6 Å². The van der Waals surface area contributed by atoms with E-state index >= 15 is 0 Å². The average molecular weight is 644 g/mol. The van der Waals surface area contributed by atoms with Crippen LogP contribution in [0.15, 0.2) is 180 Å². The average Bonchev–Trinajstić information content (AvgIpc) is 3.75. The van der Waals surface area contributed by atoms with Gasteiger partial charge >= 0.3 is 0 Å². The largest absolute Gasteiger partial charge is 0.453 e. The van der Waals surface area contributed by atoms with E-state index in [0.29, 0.717) is 0 Å². The van der Waals surface area contributed by atoms with Crippen LogP contribution in [0, 0.1) is 0 Å². The summed E-state index contributed by atoms with van der Waals surface area (Å²) in [5.74, 6) is 0. The minimum Gasteiger partial charge on any atom is -0.453 e. The maximum absolute atomic E-state index is 6.90. The Bertz CT molecular complexity index is 2830. The van der Waals surface area contributed by atoms with Gasteiger partial charge in [0.1, 0.15) is 5.58 Å². The van der Waals surface area contributed by atoms with Crippen LogP contribution in [0.3, 0.4) is 0 Å². The van der Waals surface area contributed by atoms with Gasteiger partial charge in [-0.3, -0.25) is 0 Å².